The highest BCUT2D eigenvalue weighted by molar-refractivity contribution is 5.92. The van der Waals surface area contributed by atoms with Gasteiger partial charge in [0.05, 0.1) is 17.8 Å². The van der Waals surface area contributed by atoms with Crippen LogP contribution in [0.5, 0.6) is 0 Å². The Hall–Kier alpha value is -1.66. The van der Waals surface area contributed by atoms with Crippen LogP contribution in [0.4, 0.5) is 23.2 Å². The zero-order valence-corrected chi connectivity index (χ0v) is 10.6. The van der Waals surface area contributed by atoms with Crippen LogP contribution < -0.4 is 5.32 Å². The molecule has 1 N–H and O–H groups in total. The number of nitrogens with zero attached hydrogens (tertiary/aromatic N) is 1. The Morgan fingerprint density at radius 1 is 1.25 bits per heavy atom. The summed E-state index contributed by atoms with van der Waals surface area (Å²) in [5.74, 6) is -4.09. The van der Waals surface area contributed by atoms with Crippen molar-refractivity contribution in [1.82, 2.24) is 4.98 Å². The van der Waals surface area contributed by atoms with Crippen molar-refractivity contribution in [2.75, 3.05) is 5.32 Å². The first-order valence-corrected chi connectivity index (χ1v) is 6.37. The Bertz CT molecular complexity index is 472. The van der Waals surface area contributed by atoms with Crippen molar-refractivity contribution in [1.29, 1.82) is 0 Å². The summed E-state index contributed by atoms with van der Waals surface area (Å²) in [4.78, 5) is 15.3. The van der Waals surface area contributed by atoms with E-state index < -0.39 is 29.9 Å². The number of amides is 1. The Kier molecular flexibility index (Phi) is 4.25. The average Bonchev–Trinajstić information content (AvgIpc) is 2.40. The number of anilines is 1. The van der Waals surface area contributed by atoms with Crippen molar-refractivity contribution in [2.45, 2.75) is 31.9 Å². The third-order valence-electron chi connectivity index (χ3n) is 3.52. The SMILES string of the molecule is O=C(Nc1ccc(F)nc1)C1CCCCC1C(F)(F)F. The number of aromatic nitrogens is 1. The second-order valence-electron chi connectivity index (χ2n) is 4.90. The molecule has 1 aliphatic carbocycles. The summed E-state index contributed by atoms with van der Waals surface area (Å²) in [5, 5.41) is 2.37. The smallest absolute Gasteiger partial charge is 0.324 e. The van der Waals surface area contributed by atoms with Crippen LogP contribution in [0.15, 0.2) is 18.3 Å². The monoisotopic (exact) mass is 290 g/mol. The Labute approximate surface area is 113 Å². The maximum Gasteiger partial charge on any atom is 0.392 e. The Morgan fingerprint density at radius 3 is 2.55 bits per heavy atom. The highest BCUT2D eigenvalue weighted by Gasteiger charge is 2.48. The van der Waals surface area contributed by atoms with E-state index in [0.717, 1.165) is 12.3 Å². The predicted molar refractivity (Wildman–Crippen MR) is 64.3 cm³/mol. The molecule has 7 heteroatoms. The van der Waals surface area contributed by atoms with Crippen molar-refractivity contribution in [3.05, 3.63) is 24.3 Å². The normalized spacial score (nSPS) is 23.4. The van der Waals surface area contributed by atoms with Crippen molar-refractivity contribution in [3.63, 3.8) is 0 Å². The van der Waals surface area contributed by atoms with E-state index >= 15 is 0 Å². The molecule has 2 rings (SSSR count). The van der Waals surface area contributed by atoms with Crippen molar-refractivity contribution in [2.24, 2.45) is 11.8 Å². The number of halogens is 4. The zero-order chi connectivity index (χ0) is 14.8. The van der Waals surface area contributed by atoms with Gasteiger partial charge in [0.25, 0.3) is 0 Å². The van der Waals surface area contributed by atoms with Crippen LogP contribution >= 0.6 is 0 Å². The molecule has 0 spiro atoms. The van der Waals surface area contributed by atoms with E-state index in [-0.39, 0.29) is 18.5 Å². The van der Waals surface area contributed by atoms with Crippen LogP contribution in [-0.2, 0) is 4.79 Å². The minimum absolute atomic E-state index is 0.0245. The zero-order valence-electron chi connectivity index (χ0n) is 10.6. The molecule has 1 heterocycles. The molecule has 1 aromatic rings. The summed E-state index contributed by atoms with van der Waals surface area (Å²) < 4.78 is 51.3. The average molecular weight is 290 g/mol. The number of hydrogen-bond acceptors (Lipinski definition) is 2. The van der Waals surface area contributed by atoms with Crippen molar-refractivity contribution in [3.8, 4) is 0 Å². The van der Waals surface area contributed by atoms with Gasteiger partial charge in [0.1, 0.15) is 0 Å². The Morgan fingerprint density at radius 2 is 1.95 bits per heavy atom. The molecule has 1 aliphatic rings. The number of nitrogens with one attached hydrogen (secondary N) is 1. The van der Waals surface area contributed by atoms with E-state index in [1.54, 1.807) is 0 Å². The van der Waals surface area contributed by atoms with Crippen LogP contribution in [-0.4, -0.2) is 17.1 Å². The standard InChI is InChI=1S/C13H14F4N2O/c14-11-6-5-8(7-18-11)19-12(20)9-3-1-2-4-10(9)13(15,16)17/h5-7,9-10H,1-4H2,(H,19,20). The molecule has 0 aliphatic heterocycles. The summed E-state index contributed by atoms with van der Waals surface area (Å²) in [7, 11) is 0. The fraction of sp³-hybridized carbons (Fsp3) is 0.538. The van der Waals surface area contributed by atoms with Gasteiger partial charge < -0.3 is 5.32 Å². The van der Waals surface area contributed by atoms with Crippen LogP contribution in [0.1, 0.15) is 25.7 Å². The number of hydrogen-bond donors (Lipinski definition) is 1. The number of pyridine rings is 1. The molecular formula is C13H14F4N2O. The number of carbonyl (C=O) groups excluding carboxylic acids is 1. The molecule has 2 unspecified atom stereocenters. The van der Waals surface area contributed by atoms with Gasteiger partial charge in [-0.25, -0.2) is 4.98 Å². The lowest BCUT2D eigenvalue weighted by Gasteiger charge is -2.31. The molecule has 20 heavy (non-hydrogen) atoms. The summed E-state index contributed by atoms with van der Waals surface area (Å²) in [5.41, 5.74) is 0.197. The summed E-state index contributed by atoms with van der Waals surface area (Å²) >= 11 is 0. The van der Waals surface area contributed by atoms with Gasteiger partial charge in [0, 0.05) is 5.92 Å². The van der Waals surface area contributed by atoms with Crippen molar-refractivity contribution < 1.29 is 22.4 Å². The van der Waals surface area contributed by atoms with Gasteiger partial charge in [-0.1, -0.05) is 12.8 Å². The molecule has 0 bridgehead atoms. The largest absolute Gasteiger partial charge is 0.392 e. The first-order valence-electron chi connectivity index (χ1n) is 6.37. The van der Waals surface area contributed by atoms with Crippen LogP contribution in [0, 0.1) is 17.8 Å². The molecule has 1 saturated carbocycles. The lowest BCUT2D eigenvalue weighted by atomic mass is 9.78. The highest BCUT2D eigenvalue weighted by Crippen LogP contribution is 2.41. The minimum Gasteiger partial charge on any atom is -0.324 e. The van der Waals surface area contributed by atoms with Crippen molar-refractivity contribution >= 4 is 11.6 Å². The summed E-state index contributed by atoms with van der Waals surface area (Å²) in [6, 6.07) is 2.31. The Balaban J connectivity index is 2.08. The lowest BCUT2D eigenvalue weighted by Crippen LogP contribution is -2.39. The fourth-order valence-electron chi connectivity index (χ4n) is 2.52. The summed E-state index contributed by atoms with van der Waals surface area (Å²) in [6.07, 6.45) is -2.02. The number of carbonyl (C=O) groups is 1. The maximum atomic E-state index is 12.9. The molecule has 3 nitrogen and oxygen atoms in total. The molecule has 1 amide bonds. The van der Waals surface area contributed by atoms with E-state index in [0.29, 0.717) is 12.8 Å². The topological polar surface area (TPSA) is 42.0 Å². The third-order valence-corrected chi connectivity index (χ3v) is 3.52. The van der Waals surface area contributed by atoms with Gasteiger partial charge in [-0.2, -0.15) is 17.6 Å². The van der Waals surface area contributed by atoms with Crippen LogP contribution in [0.2, 0.25) is 0 Å². The molecule has 0 aromatic carbocycles. The fourth-order valence-corrected chi connectivity index (χ4v) is 2.52. The first-order chi connectivity index (χ1) is 9.38. The van der Waals surface area contributed by atoms with E-state index in [1.807, 2.05) is 0 Å². The summed E-state index contributed by atoms with van der Waals surface area (Å²) in [6.45, 7) is 0. The van der Waals surface area contributed by atoms with Gasteiger partial charge >= 0.3 is 6.18 Å². The van der Waals surface area contributed by atoms with Crippen LogP contribution in [0.25, 0.3) is 0 Å². The first kappa shape index (κ1) is 14.7. The molecule has 110 valence electrons. The predicted octanol–water partition coefficient (Wildman–Crippen LogP) is 3.53. The third kappa shape index (κ3) is 3.46. The molecule has 0 radical (unpaired) electrons. The van der Waals surface area contributed by atoms with E-state index in [9.17, 15) is 22.4 Å². The van der Waals surface area contributed by atoms with E-state index in [2.05, 4.69) is 10.3 Å². The molecule has 1 aromatic heterocycles. The van der Waals surface area contributed by atoms with Crippen LogP contribution in [0.3, 0.4) is 0 Å². The highest BCUT2D eigenvalue weighted by atomic mass is 19.4. The number of alkyl halides is 3. The second-order valence-corrected chi connectivity index (χ2v) is 4.90. The minimum atomic E-state index is -4.37. The molecule has 1 fully saturated rings. The van der Waals surface area contributed by atoms with E-state index in [4.69, 9.17) is 0 Å². The maximum absolute atomic E-state index is 12.9. The number of rotatable bonds is 2. The van der Waals surface area contributed by atoms with Gasteiger partial charge in [-0.15, -0.1) is 0 Å². The van der Waals surface area contributed by atoms with Gasteiger partial charge in [-0.3, -0.25) is 4.79 Å². The van der Waals surface area contributed by atoms with Gasteiger partial charge in [0.2, 0.25) is 11.9 Å². The molecular weight excluding hydrogens is 276 g/mol. The second kappa shape index (κ2) is 5.76. The quantitative estimate of drug-likeness (QED) is 0.669. The van der Waals surface area contributed by atoms with Gasteiger partial charge in [0.15, 0.2) is 0 Å². The lowest BCUT2D eigenvalue weighted by molar-refractivity contribution is -0.197. The van der Waals surface area contributed by atoms with Gasteiger partial charge in [-0.05, 0) is 25.0 Å². The molecule has 2 atom stereocenters. The molecule has 0 saturated heterocycles. The van der Waals surface area contributed by atoms with E-state index in [1.165, 1.54) is 6.07 Å².